The number of primary amides is 1. The third-order valence-corrected chi connectivity index (χ3v) is 5.15. The van der Waals surface area contributed by atoms with Crippen molar-refractivity contribution in [1.29, 1.82) is 0 Å². The van der Waals surface area contributed by atoms with Crippen LogP contribution in [0.4, 0.5) is 0 Å². The maximum atomic E-state index is 11.9. The Balaban J connectivity index is 1.75. The Kier molecular flexibility index (Phi) is 4.09. The molecule has 0 aliphatic carbocycles. The van der Waals surface area contributed by atoms with Crippen LogP contribution in [0.25, 0.3) is 11.1 Å². The lowest BCUT2D eigenvalue weighted by Gasteiger charge is -2.24. The zero-order chi connectivity index (χ0) is 17.4. The standard InChI is InChI=1S/C20H22N2O3/c1-13(22-7-2-3-8-22)14-5-4-6-15(9-14)16-10-18-19(25-12-24-18)11-17(16)20(21)23/h4-6,9-11,13H,2-3,7-8,12H2,1H3,(H2,21,23)/t13-/m1/s1. The number of nitrogens with two attached hydrogens (primary N) is 1. The summed E-state index contributed by atoms with van der Waals surface area (Å²) in [6.45, 7) is 4.69. The minimum absolute atomic E-state index is 0.170. The number of amides is 1. The van der Waals surface area contributed by atoms with E-state index in [0.717, 1.165) is 24.2 Å². The molecule has 0 aromatic heterocycles. The molecule has 4 rings (SSSR count). The Labute approximate surface area is 147 Å². The summed E-state index contributed by atoms with van der Waals surface area (Å²) in [4.78, 5) is 14.4. The monoisotopic (exact) mass is 338 g/mol. The summed E-state index contributed by atoms with van der Waals surface area (Å²) in [7, 11) is 0. The SMILES string of the molecule is C[C@H](c1cccc(-c2cc3c(cc2C(N)=O)OCO3)c1)N1CCCC1. The van der Waals surface area contributed by atoms with Crippen LogP contribution in [0.1, 0.15) is 41.7 Å². The molecule has 0 saturated carbocycles. The van der Waals surface area contributed by atoms with Gasteiger partial charge in [0.25, 0.3) is 0 Å². The number of ether oxygens (including phenoxy) is 2. The third-order valence-electron chi connectivity index (χ3n) is 5.15. The molecule has 25 heavy (non-hydrogen) atoms. The second kappa shape index (κ2) is 6.41. The lowest BCUT2D eigenvalue weighted by atomic mass is 9.95. The summed E-state index contributed by atoms with van der Waals surface area (Å²) in [5, 5.41) is 0. The van der Waals surface area contributed by atoms with E-state index in [9.17, 15) is 4.79 Å². The number of fused-ring (bicyclic) bond motifs is 1. The van der Waals surface area contributed by atoms with Crippen LogP contribution in [0, 0.1) is 0 Å². The number of carbonyl (C=O) groups is 1. The molecule has 0 unspecified atom stereocenters. The van der Waals surface area contributed by atoms with Crippen LogP contribution in [0.2, 0.25) is 0 Å². The first-order valence-corrected chi connectivity index (χ1v) is 8.71. The lowest BCUT2D eigenvalue weighted by Crippen LogP contribution is -2.23. The number of nitrogens with zero attached hydrogens (tertiary/aromatic N) is 1. The summed E-state index contributed by atoms with van der Waals surface area (Å²) >= 11 is 0. The van der Waals surface area contributed by atoms with Gasteiger partial charge in [-0.1, -0.05) is 18.2 Å². The first kappa shape index (κ1) is 16.0. The maximum absolute atomic E-state index is 11.9. The molecule has 1 fully saturated rings. The molecule has 130 valence electrons. The van der Waals surface area contributed by atoms with E-state index < -0.39 is 5.91 Å². The van der Waals surface area contributed by atoms with Gasteiger partial charge in [0, 0.05) is 6.04 Å². The molecular weight excluding hydrogens is 316 g/mol. The molecule has 1 amide bonds. The van der Waals surface area contributed by atoms with Crippen molar-refractivity contribution in [2.24, 2.45) is 5.73 Å². The van der Waals surface area contributed by atoms with Gasteiger partial charge in [-0.25, -0.2) is 0 Å². The molecule has 5 nitrogen and oxygen atoms in total. The molecule has 5 heteroatoms. The van der Waals surface area contributed by atoms with Gasteiger partial charge in [0.05, 0.1) is 5.56 Å². The van der Waals surface area contributed by atoms with E-state index in [1.165, 1.54) is 18.4 Å². The predicted molar refractivity (Wildman–Crippen MR) is 95.7 cm³/mol. The van der Waals surface area contributed by atoms with Crippen molar-refractivity contribution in [3.63, 3.8) is 0 Å². The number of hydrogen-bond donors (Lipinski definition) is 1. The van der Waals surface area contributed by atoms with E-state index in [1.54, 1.807) is 6.07 Å². The van der Waals surface area contributed by atoms with Gasteiger partial charge in [0.15, 0.2) is 11.5 Å². The maximum Gasteiger partial charge on any atom is 0.249 e. The Morgan fingerprint density at radius 1 is 1.12 bits per heavy atom. The Hall–Kier alpha value is -2.53. The zero-order valence-corrected chi connectivity index (χ0v) is 14.3. The van der Waals surface area contributed by atoms with Crippen molar-refractivity contribution in [1.82, 2.24) is 4.90 Å². The van der Waals surface area contributed by atoms with E-state index in [4.69, 9.17) is 15.2 Å². The van der Waals surface area contributed by atoms with Gasteiger partial charge < -0.3 is 15.2 Å². The molecule has 1 saturated heterocycles. The highest BCUT2D eigenvalue weighted by molar-refractivity contribution is 6.01. The number of carbonyl (C=O) groups excluding carboxylic acids is 1. The van der Waals surface area contributed by atoms with E-state index in [2.05, 4.69) is 24.0 Å². The van der Waals surface area contributed by atoms with Gasteiger partial charge in [-0.05, 0) is 67.7 Å². The van der Waals surface area contributed by atoms with Crippen molar-refractivity contribution in [2.75, 3.05) is 19.9 Å². The highest BCUT2D eigenvalue weighted by atomic mass is 16.7. The van der Waals surface area contributed by atoms with Crippen molar-refractivity contribution < 1.29 is 14.3 Å². The molecule has 2 aromatic rings. The van der Waals surface area contributed by atoms with E-state index in [-0.39, 0.29) is 6.79 Å². The highest BCUT2D eigenvalue weighted by Gasteiger charge is 2.22. The second-order valence-corrected chi connectivity index (χ2v) is 6.66. The van der Waals surface area contributed by atoms with E-state index in [1.807, 2.05) is 18.2 Å². The minimum Gasteiger partial charge on any atom is -0.454 e. The molecule has 0 radical (unpaired) electrons. The molecule has 2 N–H and O–H groups in total. The van der Waals surface area contributed by atoms with E-state index >= 15 is 0 Å². The van der Waals surface area contributed by atoms with Crippen LogP contribution in [-0.2, 0) is 0 Å². The van der Waals surface area contributed by atoms with Gasteiger partial charge in [0.2, 0.25) is 12.7 Å². The second-order valence-electron chi connectivity index (χ2n) is 6.66. The van der Waals surface area contributed by atoms with Gasteiger partial charge in [-0.3, -0.25) is 9.69 Å². The van der Waals surface area contributed by atoms with Crippen molar-refractivity contribution >= 4 is 5.91 Å². The van der Waals surface area contributed by atoms with Crippen molar-refractivity contribution in [2.45, 2.75) is 25.8 Å². The van der Waals surface area contributed by atoms with Gasteiger partial charge in [-0.2, -0.15) is 0 Å². The topological polar surface area (TPSA) is 64.8 Å². The Morgan fingerprint density at radius 2 is 1.84 bits per heavy atom. The predicted octanol–water partition coefficient (Wildman–Crippen LogP) is 3.34. The largest absolute Gasteiger partial charge is 0.454 e. The molecule has 0 bridgehead atoms. The fourth-order valence-corrected chi connectivity index (χ4v) is 3.69. The van der Waals surface area contributed by atoms with Crippen LogP contribution in [0.5, 0.6) is 11.5 Å². The zero-order valence-electron chi connectivity index (χ0n) is 14.3. The summed E-state index contributed by atoms with van der Waals surface area (Å²) in [6, 6.07) is 12.2. The van der Waals surface area contributed by atoms with Crippen LogP contribution in [0.3, 0.4) is 0 Å². The average Bonchev–Trinajstić information content (AvgIpc) is 3.31. The molecule has 0 spiro atoms. The summed E-state index contributed by atoms with van der Waals surface area (Å²) in [6.07, 6.45) is 2.52. The Morgan fingerprint density at radius 3 is 2.56 bits per heavy atom. The number of hydrogen-bond acceptors (Lipinski definition) is 4. The normalized spacial score (nSPS) is 17.6. The van der Waals surface area contributed by atoms with E-state index in [0.29, 0.717) is 23.1 Å². The molecule has 2 aliphatic rings. The lowest BCUT2D eigenvalue weighted by molar-refractivity contribution is 0.100. The minimum atomic E-state index is -0.466. The first-order chi connectivity index (χ1) is 12.1. The fraction of sp³-hybridized carbons (Fsp3) is 0.350. The molecule has 2 aliphatic heterocycles. The summed E-state index contributed by atoms with van der Waals surface area (Å²) < 4.78 is 10.8. The van der Waals surface area contributed by atoms with Crippen molar-refractivity contribution in [3.8, 4) is 22.6 Å². The average molecular weight is 338 g/mol. The smallest absolute Gasteiger partial charge is 0.249 e. The fourth-order valence-electron chi connectivity index (χ4n) is 3.69. The van der Waals surface area contributed by atoms with Gasteiger partial charge in [0.1, 0.15) is 0 Å². The number of benzene rings is 2. The third kappa shape index (κ3) is 2.96. The molecule has 2 heterocycles. The van der Waals surface area contributed by atoms with Crippen LogP contribution >= 0.6 is 0 Å². The number of likely N-dealkylation sites (tertiary alicyclic amines) is 1. The summed E-state index contributed by atoms with van der Waals surface area (Å²) in [5.41, 5.74) is 9.05. The van der Waals surface area contributed by atoms with Crippen LogP contribution in [0.15, 0.2) is 36.4 Å². The molecular formula is C20H22N2O3. The quantitative estimate of drug-likeness (QED) is 0.928. The summed E-state index contributed by atoms with van der Waals surface area (Å²) in [5.74, 6) is 0.753. The molecule has 1 atom stereocenters. The Bertz CT molecular complexity index is 813. The van der Waals surface area contributed by atoms with Crippen LogP contribution in [-0.4, -0.2) is 30.7 Å². The first-order valence-electron chi connectivity index (χ1n) is 8.71. The van der Waals surface area contributed by atoms with Crippen LogP contribution < -0.4 is 15.2 Å². The number of rotatable bonds is 4. The highest BCUT2D eigenvalue weighted by Crippen LogP contribution is 2.39. The van der Waals surface area contributed by atoms with Gasteiger partial charge in [-0.15, -0.1) is 0 Å². The van der Waals surface area contributed by atoms with Gasteiger partial charge >= 0.3 is 0 Å². The van der Waals surface area contributed by atoms with Crippen molar-refractivity contribution in [3.05, 3.63) is 47.5 Å². The molecule has 2 aromatic carbocycles.